The van der Waals surface area contributed by atoms with Crippen molar-refractivity contribution < 1.29 is 32.3 Å². The Morgan fingerprint density at radius 1 is 0.939 bits per heavy atom. The van der Waals surface area contributed by atoms with Crippen molar-refractivity contribution in [3.05, 3.63) is 71.8 Å². The molecule has 1 aromatic heterocycles. The Morgan fingerprint density at radius 3 is 2.33 bits per heavy atom. The molecule has 0 unspecified atom stereocenters. The Hall–Kier alpha value is -3.50. The van der Waals surface area contributed by atoms with Crippen molar-refractivity contribution in [1.29, 1.82) is 0 Å². The highest BCUT2D eigenvalue weighted by Gasteiger charge is 2.21. The minimum Gasteiger partial charge on any atom is -0.462 e. The Bertz CT molecular complexity index is 1280. The van der Waals surface area contributed by atoms with Crippen molar-refractivity contribution >= 4 is 44.0 Å². The van der Waals surface area contributed by atoms with Gasteiger partial charge in [0.25, 0.3) is 5.91 Å². The number of ether oxygens (including phenoxy) is 2. The summed E-state index contributed by atoms with van der Waals surface area (Å²) in [5, 5.41) is 2.86. The first kappa shape index (κ1) is 24.1. The summed E-state index contributed by atoms with van der Waals surface area (Å²) in [6, 6.07) is 16.3. The van der Waals surface area contributed by atoms with E-state index in [1.807, 2.05) is 30.3 Å². The smallest absolute Gasteiger partial charge is 0.341 e. The largest absolute Gasteiger partial charge is 0.462 e. The molecule has 0 spiro atoms. The SMILES string of the molecule is CCOC(=O)c1cc(-c2ccccc2)sc1NC(=O)COC(=O)c1cccc(S(C)(=O)=O)c1. The minimum absolute atomic E-state index is 0.000394. The van der Waals surface area contributed by atoms with E-state index in [-0.39, 0.29) is 27.6 Å². The van der Waals surface area contributed by atoms with Crippen molar-refractivity contribution in [2.75, 3.05) is 24.8 Å². The number of sulfone groups is 1. The summed E-state index contributed by atoms with van der Waals surface area (Å²) in [6.07, 6.45) is 1.02. The average Bonchev–Trinajstić information content (AvgIpc) is 3.21. The molecule has 0 saturated heterocycles. The molecule has 1 amide bonds. The summed E-state index contributed by atoms with van der Waals surface area (Å²) < 4.78 is 33.4. The third-order valence-electron chi connectivity index (χ3n) is 4.37. The predicted molar refractivity (Wildman–Crippen MR) is 124 cm³/mol. The second-order valence-electron chi connectivity index (χ2n) is 6.86. The molecule has 172 valence electrons. The number of hydrogen-bond donors (Lipinski definition) is 1. The van der Waals surface area contributed by atoms with E-state index in [0.29, 0.717) is 0 Å². The van der Waals surface area contributed by atoms with E-state index in [1.165, 1.54) is 35.6 Å². The number of thiophene rings is 1. The van der Waals surface area contributed by atoms with Crippen LogP contribution in [0, 0.1) is 0 Å². The molecule has 33 heavy (non-hydrogen) atoms. The fraction of sp³-hybridized carbons (Fsp3) is 0.174. The fourth-order valence-corrected chi connectivity index (χ4v) is 4.55. The molecule has 0 atom stereocenters. The van der Waals surface area contributed by atoms with Crippen molar-refractivity contribution in [2.45, 2.75) is 11.8 Å². The van der Waals surface area contributed by atoms with Gasteiger partial charge in [-0.2, -0.15) is 0 Å². The number of esters is 2. The molecule has 3 aromatic rings. The molecule has 0 fully saturated rings. The maximum atomic E-state index is 12.4. The van der Waals surface area contributed by atoms with E-state index in [4.69, 9.17) is 9.47 Å². The van der Waals surface area contributed by atoms with Gasteiger partial charge in [0.05, 0.1) is 22.6 Å². The van der Waals surface area contributed by atoms with Crippen molar-refractivity contribution in [2.24, 2.45) is 0 Å². The Morgan fingerprint density at radius 2 is 1.67 bits per heavy atom. The third-order valence-corrected chi connectivity index (χ3v) is 6.58. The first-order valence-electron chi connectivity index (χ1n) is 9.82. The van der Waals surface area contributed by atoms with Gasteiger partial charge < -0.3 is 14.8 Å². The number of carbonyl (C=O) groups excluding carboxylic acids is 3. The van der Waals surface area contributed by atoms with E-state index in [0.717, 1.165) is 16.7 Å². The lowest BCUT2D eigenvalue weighted by Gasteiger charge is -2.08. The second kappa shape index (κ2) is 10.4. The van der Waals surface area contributed by atoms with Crippen LogP contribution in [0.1, 0.15) is 27.6 Å². The molecule has 0 radical (unpaired) electrons. The van der Waals surface area contributed by atoms with Crippen LogP contribution in [0.25, 0.3) is 10.4 Å². The molecular formula is C23H21NO7S2. The normalized spacial score (nSPS) is 11.0. The number of carbonyl (C=O) groups is 3. The van der Waals surface area contributed by atoms with Crippen LogP contribution in [-0.2, 0) is 24.1 Å². The molecule has 0 bridgehead atoms. The highest BCUT2D eigenvalue weighted by atomic mass is 32.2. The van der Waals surface area contributed by atoms with E-state index >= 15 is 0 Å². The molecular weight excluding hydrogens is 466 g/mol. The van der Waals surface area contributed by atoms with E-state index in [2.05, 4.69) is 5.32 Å². The number of benzene rings is 2. The van der Waals surface area contributed by atoms with Gasteiger partial charge in [-0.15, -0.1) is 11.3 Å². The zero-order chi connectivity index (χ0) is 24.0. The Balaban J connectivity index is 1.72. The zero-order valence-corrected chi connectivity index (χ0v) is 19.5. The summed E-state index contributed by atoms with van der Waals surface area (Å²) in [6.45, 7) is 1.23. The maximum absolute atomic E-state index is 12.4. The number of amides is 1. The highest BCUT2D eigenvalue weighted by Crippen LogP contribution is 2.35. The van der Waals surface area contributed by atoms with Gasteiger partial charge in [-0.1, -0.05) is 36.4 Å². The Labute approximate surface area is 195 Å². The first-order valence-corrected chi connectivity index (χ1v) is 12.5. The number of nitrogens with one attached hydrogen (secondary N) is 1. The average molecular weight is 488 g/mol. The predicted octanol–water partition coefficient (Wildman–Crippen LogP) is 3.79. The summed E-state index contributed by atoms with van der Waals surface area (Å²) in [5.41, 5.74) is 1.06. The van der Waals surface area contributed by atoms with E-state index < -0.39 is 34.3 Å². The topological polar surface area (TPSA) is 116 Å². The lowest BCUT2D eigenvalue weighted by Crippen LogP contribution is -2.21. The lowest BCUT2D eigenvalue weighted by atomic mass is 10.1. The van der Waals surface area contributed by atoms with Crippen LogP contribution in [0.5, 0.6) is 0 Å². The van der Waals surface area contributed by atoms with Crippen molar-refractivity contribution in [3.8, 4) is 10.4 Å². The third kappa shape index (κ3) is 6.27. The van der Waals surface area contributed by atoms with Crippen molar-refractivity contribution in [3.63, 3.8) is 0 Å². The Kier molecular flexibility index (Phi) is 7.62. The van der Waals surface area contributed by atoms with Crippen LogP contribution in [0.4, 0.5) is 5.00 Å². The molecule has 1 N–H and O–H groups in total. The summed E-state index contributed by atoms with van der Waals surface area (Å²) >= 11 is 1.19. The molecule has 3 rings (SSSR count). The lowest BCUT2D eigenvalue weighted by molar-refractivity contribution is -0.119. The summed E-state index contributed by atoms with van der Waals surface area (Å²) in [7, 11) is -3.50. The van der Waals surface area contributed by atoms with Crippen molar-refractivity contribution in [1.82, 2.24) is 0 Å². The molecule has 0 saturated carbocycles. The highest BCUT2D eigenvalue weighted by molar-refractivity contribution is 7.90. The second-order valence-corrected chi connectivity index (χ2v) is 9.93. The molecule has 0 aliphatic rings. The van der Waals surface area contributed by atoms with Crippen LogP contribution in [0.15, 0.2) is 65.6 Å². The number of hydrogen-bond acceptors (Lipinski definition) is 8. The summed E-state index contributed by atoms with van der Waals surface area (Å²) in [5.74, 6) is -2.09. The standard InChI is InChI=1S/C23H21NO7S2/c1-3-30-23(27)18-13-19(15-8-5-4-6-9-15)32-21(18)24-20(25)14-31-22(26)16-10-7-11-17(12-16)33(2,28)29/h4-13H,3,14H2,1-2H3,(H,24,25). The first-order chi connectivity index (χ1) is 15.7. The quantitative estimate of drug-likeness (QED) is 0.481. The fourth-order valence-electron chi connectivity index (χ4n) is 2.82. The molecule has 2 aromatic carbocycles. The van der Waals surface area contributed by atoms with Gasteiger partial charge in [-0.25, -0.2) is 18.0 Å². The van der Waals surface area contributed by atoms with E-state index in [1.54, 1.807) is 13.0 Å². The molecule has 0 aliphatic heterocycles. The molecule has 1 heterocycles. The van der Waals surface area contributed by atoms with Crippen LogP contribution < -0.4 is 5.32 Å². The minimum atomic E-state index is -3.50. The van der Waals surface area contributed by atoms with E-state index in [9.17, 15) is 22.8 Å². The van der Waals surface area contributed by atoms with Gasteiger partial charge in [0.1, 0.15) is 5.00 Å². The van der Waals surface area contributed by atoms with Crippen LogP contribution in [0.2, 0.25) is 0 Å². The van der Waals surface area contributed by atoms with Crippen LogP contribution in [0.3, 0.4) is 0 Å². The van der Waals surface area contributed by atoms with Crippen LogP contribution >= 0.6 is 11.3 Å². The van der Waals surface area contributed by atoms with Gasteiger partial charge >= 0.3 is 11.9 Å². The van der Waals surface area contributed by atoms with Gasteiger partial charge in [0, 0.05) is 11.1 Å². The monoisotopic (exact) mass is 487 g/mol. The molecule has 0 aliphatic carbocycles. The number of anilines is 1. The molecule has 10 heteroatoms. The van der Waals surface area contributed by atoms with Gasteiger partial charge in [0.2, 0.25) is 0 Å². The van der Waals surface area contributed by atoms with Gasteiger partial charge in [0.15, 0.2) is 16.4 Å². The van der Waals surface area contributed by atoms with Gasteiger partial charge in [-0.05, 0) is 36.8 Å². The number of rotatable bonds is 8. The molecule has 8 nitrogen and oxygen atoms in total. The van der Waals surface area contributed by atoms with Gasteiger partial charge in [-0.3, -0.25) is 4.79 Å². The van der Waals surface area contributed by atoms with Crippen LogP contribution in [-0.4, -0.2) is 45.7 Å². The summed E-state index contributed by atoms with van der Waals surface area (Å²) in [4.78, 5) is 37.8. The maximum Gasteiger partial charge on any atom is 0.341 e. The zero-order valence-electron chi connectivity index (χ0n) is 17.9.